The number of benzene rings is 1. The molecule has 2 N–H and O–H groups in total. The first-order valence-electron chi connectivity index (χ1n) is 10.0. The van der Waals surface area contributed by atoms with Crippen molar-refractivity contribution in [3.8, 4) is 11.3 Å². The zero-order chi connectivity index (χ0) is 20.7. The van der Waals surface area contributed by atoms with Gasteiger partial charge in [-0.05, 0) is 84.7 Å². The van der Waals surface area contributed by atoms with Crippen LogP contribution in [-0.2, 0) is 6.54 Å². The highest BCUT2D eigenvalue weighted by molar-refractivity contribution is 5.87. The van der Waals surface area contributed by atoms with Crippen LogP contribution in [0.15, 0.2) is 30.3 Å². The summed E-state index contributed by atoms with van der Waals surface area (Å²) in [5.41, 5.74) is 5.27. The fraction of sp³-hybridized carbons (Fsp3) is 0.478. The number of pyridine rings is 1. The molecule has 2 rings (SSSR count). The molecule has 1 aromatic carbocycles. The van der Waals surface area contributed by atoms with Crippen LogP contribution in [0.3, 0.4) is 0 Å². The molecule has 0 bridgehead atoms. The van der Waals surface area contributed by atoms with Crippen LogP contribution in [0, 0.1) is 12.3 Å². The first-order chi connectivity index (χ1) is 13.3. The number of nitrogens with zero attached hydrogens (tertiary/aromatic N) is 3. The lowest BCUT2D eigenvalue weighted by Gasteiger charge is -2.19. The molecule has 0 radical (unpaired) electrons. The largest absolute Gasteiger partial charge is 0.367 e. The van der Waals surface area contributed by atoms with Gasteiger partial charge in [-0.15, -0.1) is 0 Å². The van der Waals surface area contributed by atoms with E-state index in [0.29, 0.717) is 0 Å². The number of hydrogen-bond donors (Lipinski definition) is 2. The first kappa shape index (κ1) is 22.1. The first-order valence-corrected chi connectivity index (χ1v) is 10.0. The second-order valence-electron chi connectivity index (χ2n) is 8.13. The second-order valence-corrected chi connectivity index (χ2v) is 8.13. The zero-order valence-electron chi connectivity index (χ0n) is 18.2. The van der Waals surface area contributed by atoms with Crippen molar-refractivity contribution in [1.82, 2.24) is 14.8 Å². The Morgan fingerprint density at radius 1 is 1.14 bits per heavy atom. The summed E-state index contributed by atoms with van der Waals surface area (Å²) in [6, 6.07) is 11.0. The molecule has 0 aliphatic rings. The molecule has 0 saturated carbocycles. The summed E-state index contributed by atoms with van der Waals surface area (Å²) in [6.07, 6.45) is 2.55. The monoisotopic (exact) mass is 381 g/mol. The number of rotatable bonds is 10. The van der Waals surface area contributed by atoms with Crippen LogP contribution in [-0.4, -0.2) is 61.3 Å². The van der Waals surface area contributed by atoms with Crippen LogP contribution in [0.25, 0.3) is 11.3 Å². The normalized spacial score (nSPS) is 11.5. The van der Waals surface area contributed by atoms with E-state index in [0.717, 1.165) is 47.8 Å². The van der Waals surface area contributed by atoms with Crippen LogP contribution in [0.5, 0.6) is 0 Å². The van der Waals surface area contributed by atoms with Gasteiger partial charge >= 0.3 is 0 Å². The Hall–Kier alpha value is -2.24. The van der Waals surface area contributed by atoms with E-state index in [4.69, 9.17) is 10.4 Å². The van der Waals surface area contributed by atoms with Gasteiger partial charge in [0.05, 0.1) is 5.69 Å². The molecule has 0 aliphatic carbocycles. The fourth-order valence-electron chi connectivity index (χ4n) is 3.27. The van der Waals surface area contributed by atoms with Crippen molar-refractivity contribution < 1.29 is 0 Å². The molecule has 1 heterocycles. The minimum Gasteiger partial charge on any atom is -0.367 e. The molecular formula is C23H35N5. The van der Waals surface area contributed by atoms with E-state index >= 15 is 0 Å². The zero-order valence-corrected chi connectivity index (χ0v) is 18.2. The van der Waals surface area contributed by atoms with Crippen LogP contribution in [0.2, 0.25) is 0 Å². The van der Waals surface area contributed by atoms with Crippen molar-refractivity contribution in [2.75, 3.05) is 39.5 Å². The third kappa shape index (κ3) is 6.43. The van der Waals surface area contributed by atoms with E-state index in [-0.39, 0.29) is 6.04 Å². The predicted octanol–water partition coefficient (Wildman–Crippen LogP) is 4.26. The van der Waals surface area contributed by atoms with Crippen LogP contribution < -0.4 is 5.32 Å². The predicted molar refractivity (Wildman–Crippen MR) is 121 cm³/mol. The summed E-state index contributed by atoms with van der Waals surface area (Å²) in [6.45, 7) is 9.33. The summed E-state index contributed by atoms with van der Waals surface area (Å²) in [5.74, 6) is 0.784. The van der Waals surface area contributed by atoms with Crippen molar-refractivity contribution in [3.05, 3.63) is 47.0 Å². The molecule has 0 spiro atoms. The molecule has 152 valence electrons. The average Bonchev–Trinajstić information content (AvgIpc) is 2.61. The second kappa shape index (κ2) is 10.3. The lowest BCUT2D eigenvalue weighted by Crippen LogP contribution is -2.23. The van der Waals surface area contributed by atoms with E-state index in [2.05, 4.69) is 80.4 Å². The van der Waals surface area contributed by atoms with Crippen molar-refractivity contribution in [3.63, 3.8) is 0 Å². The average molecular weight is 382 g/mol. The van der Waals surface area contributed by atoms with Gasteiger partial charge in [-0.1, -0.05) is 18.2 Å². The highest BCUT2D eigenvalue weighted by atomic mass is 15.1. The summed E-state index contributed by atoms with van der Waals surface area (Å²) >= 11 is 0. The van der Waals surface area contributed by atoms with E-state index in [1.165, 1.54) is 18.2 Å². The number of aromatic nitrogens is 1. The van der Waals surface area contributed by atoms with E-state index < -0.39 is 0 Å². The van der Waals surface area contributed by atoms with Crippen molar-refractivity contribution in [2.45, 2.75) is 39.8 Å². The molecule has 5 nitrogen and oxygen atoms in total. The van der Waals surface area contributed by atoms with Gasteiger partial charge in [0.1, 0.15) is 5.82 Å². The Balaban J connectivity index is 2.21. The van der Waals surface area contributed by atoms with Crippen LogP contribution >= 0.6 is 0 Å². The molecule has 0 atom stereocenters. The maximum atomic E-state index is 7.72. The molecule has 1 aromatic heterocycles. The van der Waals surface area contributed by atoms with Crippen LogP contribution in [0.4, 0.5) is 5.82 Å². The van der Waals surface area contributed by atoms with Gasteiger partial charge in [-0.25, -0.2) is 4.98 Å². The van der Waals surface area contributed by atoms with Gasteiger partial charge < -0.3 is 20.5 Å². The quantitative estimate of drug-likeness (QED) is 0.604. The summed E-state index contributed by atoms with van der Waals surface area (Å²) in [7, 11) is 6.41. The third-order valence-electron chi connectivity index (χ3n) is 4.66. The molecular weight excluding hydrogens is 346 g/mol. The van der Waals surface area contributed by atoms with Crippen molar-refractivity contribution in [1.29, 1.82) is 5.41 Å². The Morgan fingerprint density at radius 3 is 2.54 bits per heavy atom. The summed E-state index contributed by atoms with van der Waals surface area (Å²) in [4.78, 5) is 9.41. The number of hydrogen-bond acceptors (Lipinski definition) is 5. The van der Waals surface area contributed by atoms with Crippen molar-refractivity contribution in [2.24, 2.45) is 0 Å². The number of nitrogens with one attached hydrogen (secondary N) is 2. The SMILES string of the molecule is Cc1cc(-c2cccc(CN(C)CCCN(C)C)c2)nc(NC(C)C)c1C=N. The molecule has 28 heavy (non-hydrogen) atoms. The third-order valence-corrected chi connectivity index (χ3v) is 4.66. The molecule has 0 unspecified atom stereocenters. The number of aryl methyl sites for hydroxylation is 1. The standard InChI is InChI=1S/C23H35N5/c1-17(2)25-23-21(15-24)18(3)13-22(26-23)20-10-7-9-19(14-20)16-28(6)12-8-11-27(4)5/h7,9-10,13-15,17,24H,8,11-12,16H2,1-6H3,(H,25,26). The Bertz CT molecular complexity index is 783. The molecule has 0 fully saturated rings. The maximum absolute atomic E-state index is 7.72. The lowest BCUT2D eigenvalue weighted by atomic mass is 10.0. The van der Waals surface area contributed by atoms with Gasteiger partial charge in [0.15, 0.2) is 0 Å². The smallest absolute Gasteiger partial charge is 0.135 e. The highest BCUT2D eigenvalue weighted by Gasteiger charge is 2.11. The molecule has 0 aliphatic heterocycles. The van der Waals surface area contributed by atoms with Gasteiger partial charge in [0, 0.05) is 29.9 Å². The topological polar surface area (TPSA) is 55.2 Å². The lowest BCUT2D eigenvalue weighted by molar-refractivity contribution is 0.294. The van der Waals surface area contributed by atoms with Crippen LogP contribution in [0.1, 0.15) is 37.0 Å². The summed E-state index contributed by atoms with van der Waals surface area (Å²) < 4.78 is 0. The van der Waals surface area contributed by atoms with Crippen molar-refractivity contribution >= 4 is 12.0 Å². The summed E-state index contributed by atoms with van der Waals surface area (Å²) in [5, 5.41) is 11.1. The minimum absolute atomic E-state index is 0.267. The molecule has 0 saturated heterocycles. The molecule has 2 aromatic rings. The number of anilines is 1. The van der Waals surface area contributed by atoms with E-state index in [1.807, 2.05) is 6.92 Å². The van der Waals surface area contributed by atoms with E-state index in [9.17, 15) is 0 Å². The molecule has 0 amide bonds. The Kier molecular flexibility index (Phi) is 8.15. The van der Waals surface area contributed by atoms with Gasteiger partial charge in [0.25, 0.3) is 0 Å². The van der Waals surface area contributed by atoms with E-state index in [1.54, 1.807) is 0 Å². The molecule has 5 heteroatoms. The fourth-order valence-corrected chi connectivity index (χ4v) is 3.27. The minimum atomic E-state index is 0.267. The maximum Gasteiger partial charge on any atom is 0.135 e. The Labute approximate surface area is 170 Å². The highest BCUT2D eigenvalue weighted by Crippen LogP contribution is 2.25. The Morgan fingerprint density at radius 2 is 1.89 bits per heavy atom. The van der Waals surface area contributed by atoms with Gasteiger partial charge in [0.2, 0.25) is 0 Å². The van der Waals surface area contributed by atoms with Gasteiger partial charge in [-0.2, -0.15) is 0 Å². The van der Waals surface area contributed by atoms with Gasteiger partial charge in [-0.3, -0.25) is 0 Å².